The van der Waals surface area contributed by atoms with Crippen LogP contribution >= 0.6 is 0 Å². The summed E-state index contributed by atoms with van der Waals surface area (Å²) in [5, 5.41) is 12.5. The third-order valence-corrected chi connectivity index (χ3v) is 4.96. The fourth-order valence-electron chi connectivity index (χ4n) is 3.91. The smallest absolute Gasteiger partial charge is 0.175 e. The molecule has 6 heteroatoms. The summed E-state index contributed by atoms with van der Waals surface area (Å²) in [5.41, 5.74) is 1.21. The quantitative estimate of drug-likeness (QED) is 0.867. The molecule has 3 heterocycles. The Morgan fingerprint density at radius 2 is 2.08 bits per heavy atom. The topological polar surface area (TPSA) is 59.2 Å². The van der Waals surface area contributed by atoms with Gasteiger partial charge in [0, 0.05) is 0 Å². The highest BCUT2D eigenvalue weighted by Crippen LogP contribution is 2.37. The van der Waals surface area contributed by atoms with E-state index in [4.69, 9.17) is 4.99 Å². The Morgan fingerprint density at radius 3 is 2.88 bits per heavy atom. The summed E-state index contributed by atoms with van der Waals surface area (Å²) in [5.74, 6) is 2.57. The van der Waals surface area contributed by atoms with E-state index in [9.17, 15) is 0 Å². The Kier molecular flexibility index (Phi) is 4.14. The Labute approximate surface area is 142 Å². The molecule has 0 amide bonds. The van der Waals surface area contributed by atoms with Gasteiger partial charge in [-0.1, -0.05) is 44.2 Å². The lowest BCUT2D eigenvalue weighted by Crippen LogP contribution is -2.50. The lowest BCUT2D eigenvalue weighted by Gasteiger charge is -2.38. The Bertz CT molecular complexity index is 720. The largest absolute Gasteiger partial charge is 0.283 e. The zero-order valence-corrected chi connectivity index (χ0v) is 14.3. The van der Waals surface area contributed by atoms with E-state index in [2.05, 4.69) is 58.5 Å². The summed E-state index contributed by atoms with van der Waals surface area (Å²) in [4.78, 5) is 7.52. The van der Waals surface area contributed by atoms with Crippen LogP contribution in [-0.4, -0.2) is 43.5 Å². The zero-order valence-electron chi connectivity index (χ0n) is 14.3. The van der Waals surface area contributed by atoms with Crippen LogP contribution in [0.3, 0.4) is 0 Å². The number of hydrogen-bond donors (Lipinski definition) is 0. The monoisotopic (exact) mass is 324 g/mol. The molecule has 0 aliphatic carbocycles. The molecule has 0 unspecified atom stereocenters. The van der Waals surface area contributed by atoms with E-state index in [-0.39, 0.29) is 0 Å². The number of rotatable bonds is 4. The molecule has 0 bridgehead atoms. The van der Waals surface area contributed by atoms with Crippen molar-refractivity contribution in [2.75, 3.05) is 6.54 Å². The second kappa shape index (κ2) is 6.43. The molecule has 1 aromatic carbocycles. The van der Waals surface area contributed by atoms with Crippen molar-refractivity contribution in [3.8, 4) is 0 Å². The summed E-state index contributed by atoms with van der Waals surface area (Å²) < 4.78 is 1.91. The van der Waals surface area contributed by atoms with Crippen molar-refractivity contribution in [3.63, 3.8) is 0 Å². The van der Waals surface area contributed by atoms with E-state index in [0.717, 1.165) is 31.0 Å². The first-order chi connectivity index (χ1) is 11.7. The number of fused-ring (bicyclic) bond motifs is 3. The highest BCUT2D eigenvalue weighted by atomic mass is 15.6. The van der Waals surface area contributed by atoms with Crippen LogP contribution in [0, 0.1) is 5.92 Å². The molecule has 0 N–H and O–H groups in total. The maximum atomic E-state index is 4.96. The summed E-state index contributed by atoms with van der Waals surface area (Å²) in [7, 11) is 0. The van der Waals surface area contributed by atoms with Gasteiger partial charge in [0.15, 0.2) is 5.82 Å². The minimum atomic E-state index is 0.303. The molecule has 0 spiro atoms. The lowest BCUT2D eigenvalue weighted by molar-refractivity contribution is 0.178. The van der Waals surface area contributed by atoms with Crippen LogP contribution in [0.4, 0.5) is 0 Å². The highest BCUT2D eigenvalue weighted by molar-refractivity contribution is 5.90. The number of tetrazole rings is 1. The number of aliphatic imine (C=N–C) groups is 1. The van der Waals surface area contributed by atoms with Crippen LogP contribution in [-0.2, 0) is 6.54 Å². The maximum absolute atomic E-state index is 4.96. The van der Waals surface area contributed by atoms with E-state index in [1.807, 2.05) is 10.7 Å². The average Bonchev–Trinajstić information content (AvgIpc) is 3.23. The van der Waals surface area contributed by atoms with E-state index in [0.29, 0.717) is 24.5 Å². The van der Waals surface area contributed by atoms with Gasteiger partial charge in [0.05, 0.1) is 18.6 Å². The molecule has 0 radical (unpaired) electrons. The summed E-state index contributed by atoms with van der Waals surface area (Å²) in [6.07, 6.45) is 3.43. The van der Waals surface area contributed by atoms with Gasteiger partial charge in [-0.15, -0.1) is 5.10 Å². The molecular formula is C18H24N6. The fraction of sp³-hybridized carbons (Fsp3) is 0.556. The zero-order chi connectivity index (χ0) is 16.5. The first kappa shape index (κ1) is 15.4. The molecule has 2 aliphatic rings. The van der Waals surface area contributed by atoms with Gasteiger partial charge in [-0.2, -0.15) is 4.68 Å². The first-order valence-corrected chi connectivity index (χ1v) is 8.86. The van der Waals surface area contributed by atoms with Gasteiger partial charge in [-0.3, -0.25) is 9.89 Å². The van der Waals surface area contributed by atoms with Gasteiger partial charge in [-0.25, -0.2) is 0 Å². The number of nitrogens with zero attached hydrogens (tertiary/aromatic N) is 6. The first-order valence-electron chi connectivity index (χ1n) is 8.86. The van der Waals surface area contributed by atoms with Gasteiger partial charge in [0.2, 0.25) is 0 Å². The van der Waals surface area contributed by atoms with E-state index >= 15 is 0 Å². The maximum Gasteiger partial charge on any atom is 0.175 e. The normalized spacial score (nSPS) is 25.2. The van der Waals surface area contributed by atoms with Crippen LogP contribution in [0.5, 0.6) is 0 Å². The summed E-state index contributed by atoms with van der Waals surface area (Å²) >= 11 is 0. The fourth-order valence-corrected chi connectivity index (χ4v) is 3.91. The molecule has 2 aromatic rings. The third kappa shape index (κ3) is 2.75. The van der Waals surface area contributed by atoms with Crippen LogP contribution in [0.15, 0.2) is 35.3 Å². The van der Waals surface area contributed by atoms with Gasteiger partial charge in [0.25, 0.3) is 0 Å². The predicted octanol–water partition coefficient (Wildman–Crippen LogP) is 2.69. The standard InChI is InChI=1S/C18H24N6/c1-13(2)11-16-17(19-12-14-7-4-3-5-8-14)24-18(20-21-22-24)15-9-6-10-23(15)16/h3-5,7-8,13,15-16H,6,9-12H2,1-2H3/t15-,16+/m0/s1. The number of hydrogen-bond acceptors (Lipinski definition) is 5. The highest BCUT2D eigenvalue weighted by Gasteiger charge is 2.43. The third-order valence-electron chi connectivity index (χ3n) is 4.96. The van der Waals surface area contributed by atoms with Gasteiger partial charge >= 0.3 is 0 Å². The van der Waals surface area contributed by atoms with Crippen LogP contribution in [0.2, 0.25) is 0 Å². The SMILES string of the molecule is CC(C)C[C@@H]1C(=NCc2ccccc2)n2nnnc2[C@@H]2CCCN12. The van der Waals surface area contributed by atoms with Crippen LogP contribution < -0.4 is 0 Å². The minimum Gasteiger partial charge on any atom is -0.283 e. The summed E-state index contributed by atoms with van der Waals surface area (Å²) in [6.45, 7) is 6.33. The van der Waals surface area contributed by atoms with Crippen molar-refractivity contribution < 1.29 is 0 Å². The van der Waals surface area contributed by atoms with Gasteiger partial charge in [0.1, 0.15) is 5.84 Å². The number of aromatic nitrogens is 4. The number of benzene rings is 1. The Hall–Kier alpha value is -2.08. The van der Waals surface area contributed by atoms with Crippen LogP contribution in [0.1, 0.15) is 50.5 Å². The van der Waals surface area contributed by atoms with Crippen molar-refractivity contribution in [1.29, 1.82) is 0 Å². The van der Waals surface area contributed by atoms with Crippen molar-refractivity contribution in [3.05, 3.63) is 41.7 Å². The summed E-state index contributed by atoms with van der Waals surface area (Å²) in [6, 6.07) is 11.0. The molecule has 2 aliphatic heterocycles. The Balaban J connectivity index is 1.72. The molecule has 6 nitrogen and oxygen atoms in total. The van der Waals surface area contributed by atoms with Crippen molar-refractivity contribution in [2.24, 2.45) is 10.9 Å². The van der Waals surface area contributed by atoms with Crippen LogP contribution in [0.25, 0.3) is 0 Å². The molecule has 0 saturated carbocycles. The molecule has 1 fully saturated rings. The molecule has 1 saturated heterocycles. The predicted molar refractivity (Wildman–Crippen MR) is 92.7 cm³/mol. The lowest BCUT2D eigenvalue weighted by atomic mass is 9.98. The molecule has 2 atom stereocenters. The van der Waals surface area contributed by atoms with Gasteiger partial charge in [-0.05, 0) is 47.7 Å². The second-order valence-electron chi connectivity index (χ2n) is 7.15. The molecule has 24 heavy (non-hydrogen) atoms. The minimum absolute atomic E-state index is 0.303. The second-order valence-corrected chi connectivity index (χ2v) is 7.15. The molecule has 1 aromatic heterocycles. The van der Waals surface area contributed by atoms with Crippen molar-refractivity contribution >= 4 is 5.84 Å². The Morgan fingerprint density at radius 1 is 1.25 bits per heavy atom. The average molecular weight is 324 g/mol. The van der Waals surface area contributed by atoms with Crippen molar-refractivity contribution in [2.45, 2.75) is 51.7 Å². The van der Waals surface area contributed by atoms with Gasteiger partial charge < -0.3 is 0 Å². The van der Waals surface area contributed by atoms with E-state index in [1.54, 1.807) is 0 Å². The molecule has 4 rings (SSSR count). The van der Waals surface area contributed by atoms with Crippen molar-refractivity contribution in [1.82, 2.24) is 25.1 Å². The van der Waals surface area contributed by atoms with E-state index in [1.165, 1.54) is 12.0 Å². The van der Waals surface area contributed by atoms with E-state index < -0.39 is 0 Å². The molecule has 126 valence electrons. The molecular weight excluding hydrogens is 300 g/mol.